The molecule has 0 radical (unpaired) electrons. The highest BCUT2D eigenvalue weighted by molar-refractivity contribution is 5.67. The first-order valence-corrected chi connectivity index (χ1v) is 15.5. The van der Waals surface area contributed by atoms with Gasteiger partial charge in [-0.3, -0.25) is 15.0 Å². The molecule has 4 aromatic rings. The highest BCUT2D eigenvalue weighted by Gasteiger charge is 2.39. The van der Waals surface area contributed by atoms with E-state index in [1.807, 2.05) is 48.5 Å². The van der Waals surface area contributed by atoms with Crippen molar-refractivity contribution in [3.05, 3.63) is 129 Å². The van der Waals surface area contributed by atoms with E-state index in [-0.39, 0.29) is 35.3 Å². The van der Waals surface area contributed by atoms with Gasteiger partial charge in [0.1, 0.15) is 0 Å². The fourth-order valence-electron chi connectivity index (χ4n) is 6.36. The molecule has 2 fully saturated rings. The van der Waals surface area contributed by atoms with Gasteiger partial charge in [-0.15, -0.1) is 0 Å². The average Bonchev–Trinajstić information content (AvgIpc) is 3.09. The summed E-state index contributed by atoms with van der Waals surface area (Å²) in [6.07, 6.45) is -0.788. The second-order valence-electron chi connectivity index (χ2n) is 11.9. The predicted molar refractivity (Wildman–Crippen MR) is 174 cm³/mol. The summed E-state index contributed by atoms with van der Waals surface area (Å²) in [5.41, 5.74) is 13.3. The number of hydrogen-bond donors (Lipinski definition) is 2. The molecule has 0 saturated carbocycles. The normalized spacial score (nSPS) is 22.3. The lowest BCUT2D eigenvalue weighted by Gasteiger charge is -2.44. The maximum absolute atomic E-state index is 11.1. The van der Waals surface area contributed by atoms with Gasteiger partial charge in [-0.1, -0.05) is 79.7 Å². The first-order chi connectivity index (χ1) is 21.9. The van der Waals surface area contributed by atoms with Crippen LogP contribution in [-0.4, -0.2) is 53.8 Å². The molecule has 234 valence electrons. The van der Waals surface area contributed by atoms with Crippen LogP contribution in [0.3, 0.4) is 0 Å². The summed E-state index contributed by atoms with van der Waals surface area (Å²) in [7, 11) is 0. The van der Waals surface area contributed by atoms with Crippen LogP contribution >= 0.6 is 0 Å². The van der Waals surface area contributed by atoms with Gasteiger partial charge in [0.05, 0.1) is 23.7 Å². The first-order valence-electron chi connectivity index (χ1n) is 15.5. The van der Waals surface area contributed by atoms with Crippen molar-refractivity contribution in [2.75, 3.05) is 37.6 Å². The van der Waals surface area contributed by atoms with Crippen LogP contribution in [0.25, 0.3) is 11.1 Å². The Morgan fingerprint density at radius 3 is 2.18 bits per heavy atom. The molecule has 2 heterocycles. The van der Waals surface area contributed by atoms with Gasteiger partial charge in [0, 0.05) is 68.6 Å². The van der Waals surface area contributed by atoms with E-state index in [9.17, 15) is 15.2 Å². The molecule has 3 N–H and O–H groups in total. The van der Waals surface area contributed by atoms with Crippen molar-refractivity contribution in [3.8, 4) is 11.1 Å². The maximum atomic E-state index is 11.1. The first kappa shape index (κ1) is 30.9. The third-order valence-corrected chi connectivity index (χ3v) is 9.09. The van der Waals surface area contributed by atoms with Crippen LogP contribution in [0.4, 0.5) is 11.4 Å². The topological polar surface area (TPSA) is 114 Å². The Labute approximate surface area is 264 Å². The van der Waals surface area contributed by atoms with E-state index < -0.39 is 6.29 Å². The number of aliphatic hydroxyl groups excluding tert-OH is 1. The Hall–Kier alpha value is -4.12. The SMILES string of the molecule is C[C@H]1[C@@H](CN2CCN(c3ccc([N+](=O)[O-])cc3)CC2)O[C@@H](c2ccc(-c3ccccc3CN)cc2)O[C@H]1c1ccc(CO)cc1. The highest BCUT2D eigenvalue weighted by atomic mass is 16.7. The van der Waals surface area contributed by atoms with Crippen molar-refractivity contribution < 1.29 is 19.5 Å². The van der Waals surface area contributed by atoms with Gasteiger partial charge in [-0.25, -0.2) is 0 Å². The molecular weight excluding hydrogens is 568 g/mol. The summed E-state index contributed by atoms with van der Waals surface area (Å²) in [6, 6.07) is 31.3. The molecule has 9 heteroatoms. The van der Waals surface area contributed by atoms with Crippen LogP contribution < -0.4 is 10.6 Å². The summed E-state index contributed by atoms with van der Waals surface area (Å²) in [6.45, 7) is 6.81. The highest BCUT2D eigenvalue weighted by Crippen LogP contribution is 2.42. The van der Waals surface area contributed by atoms with E-state index in [1.54, 1.807) is 12.1 Å². The number of rotatable bonds is 9. The van der Waals surface area contributed by atoms with Gasteiger partial charge in [-0.2, -0.15) is 0 Å². The van der Waals surface area contributed by atoms with Crippen molar-refractivity contribution in [1.82, 2.24) is 4.90 Å². The Kier molecular flexibility index (Phi) is 9.53. The molecule has 2 aliphatic rings. The summed E-state index contributed by atoms with van der Waals surface area (Å²) in [4.78, 5) is 15.4. The Morgan fingerprint density at radius 2 is 1.53 bits per heavy atom. The minimum atomic E-state index is -0.533. The van der Waals surface area contributed by atoms with E-state index in [4.69, 9.17) is 15.2 Å². The van der Waals surface area contributed by atoms with Crippen LogP contribution in [0.1, 0.15) is 41.6 Å². The van der Waals surface area contributed by atoms with Crippen molar-refractivity contribution >= 4 is 11.4 Å². The molecule has 0 unspecified atom stereocenters. The lowest BCUT2D eigenvalue weighted by molar-refractivity contribution is -0.384. The van der Waals surface area contributed by atoms with Gasteiger partial charge in [0.25, 0.3) is 5.69 Å². The number of benzene rings is 4. The Balaban J connectivity index is 1.18. The Morgan fingerprint density at radius 1 is 0.867 bits per heavy atom. The Bertz CT molecular complexity index is 1570. The molecule has 0 aromatic heterocycles. The van der Waals surface area contributed by atoms with Crippen LogP contribution in [0, 0.1) is 16.0 Å². The van der Waals surface area contributed by atoms with Crippen molar-refractivity contribution in [2.24, 2.45) is 11.7 Å². The molecule has 4 aromatic carbocycles. The van der Waals surface area contributed by atoms with Crippen molar-refractivity contribution in [3.63, 3.8) is 0 Å². The van der Waals surface area contributed by atoms with E-state index in [1.165, 1.54) is 0 Å². The number of nitrogens with zero attached hydrogens (tertiary/aromatic N) is 3. The summed E-state index contributed by atoms with van der Waals surface area (Å²) < 4.78 is 13.4. The molecule has 6 rings (SSSR count). The van der Waals surface area contributed by atoms with E-state index >= 15 is 0 Å². The lowest BCUT2D eigenvalue weighted by atomic mass is 9.89. The van der Waals surface area contributed by atoms with Crippen molar-refractivity contribution in [2.45, 2.75) is 38.6 Å². The number of nitro groups is 1. The van der Waals surface area contributed by atoms with Crippen LogP contribution in [0.5, 0.6) is 0 Å². The predicted octanol–water partition coefficient (Wildman–Crippen LogP) is 5.83. The largest absolute Gasteiger partial charge is 0.392 e. The monoisotopic (exact) mass is 608 g/mol. The number of hydrogen-bond acceptors (Lipinski definition) is 8. The molecule has 2 saturated heterocycles. The zero-order chi connectivity index (χ0) is 31.3. The number of ether oxygens (including phenoxy) is 2. The fourth-order valence-corrected chi connectivity index (χ4v) is 6.36. The summed E-state index contributed by atoms with van der Waals surface area (Å²) in [5, 5.41) is 20.6. The molecule has 4 atom stereocenters. The molecule has 9 nitrogen and oxygen atoms in total. The van der Waals surface area contributed by atoms with E-state index in [0.29, 0.717) is 6.54 Å². The third-order valence-electron chi connectivity index (χ3n) is 9.09. The second kappa shape index (κ2) is 13.9. The van der Waals surface area contributed by atoms with Crippen LogP contribution in [0.2, 0.25) is 0 Å². The van der Waals surface area contributed by atoms with Crippen LogP contribution in [0.15, 0.2) is 97.1 Å². The average molecular weight is 609 g/mol. The third kappa shape index (κ3) is 6.93. The number of nitro benzene ring substituents is 1. The smallest absolute Gasteiger partial charge is 0.269 e. The standard InChI is InChI=1S/C36H40N4O5/c1-25-34(23-38-18-20-39(21-19-38)31-14-16-32(17-15-31)40(42)43)44-36(45-35(25)28-8-6-26(24-41)7-9-28)29-12-10-27(11-13-29)33-5-3-2-4-30(33)22-37/h2-17,25,34-36,41H,18-24,37H2,1H3/t25-,34+,35+,36+/m0/s1. The molecule has 0 spiro atoms. The summed E-state index contributed by atoms with van der Waals surface area (Å²) in [5.74, 6) is 0.0876. The van der Waals surface area contributed by atoms with E-state index in [2.05, 4.69) is 53.1 Å². The molecule has 0 aliphatic carbocycles. The second-order valence-corrected chi connectivity index (χ2v) is 11.9. The number of anilines is 1. The van der Waals surface area contributed by atoms with Gasteiger partial charge in [0.15, 0.2) is 6.29 Å². The van der Waals surface area contributed by atoms with Gasteiger partial charge >= 0.3 is 0 Å². The summed E-state index contributed by atoms with van der Waals surface area (Å²) >= 11 is 0. The number of aliphatic hydroxyl groups is 1. The molecule has 0 amide bonds. The quantitative estimate of drug-likeness (QED) is 0.180. The zero-order valence-electron chi connectivity index (χ0n) is 25.5. The lowest BCUT2D eigenvalue weighted by Crippen LogP contribution is -2.51. The minimum absolute atomic E-state index is 0.00119. The van der Waals surface area contributed by atoms with Gasteiger partial charge < -0.3 is 25.2 Å². The molecule has 0 bridgehead atoms. The van der Waals surface area contributed by atoms with Gasteiger partial charge in [-0.05, 0) is 39.9 Å². The zero-order valence-corrected chi connectivity index (χ0v) is 25.5. The number of non-ortho nitro benzene ring substituents is 1. The van der Waals surface area contributed by atoms with Crippen molar-refractivity contribution in [1.29, 1.82) is 0 Å². The van der Waals surface area contributed by atoms with E-state index in [0.717, 1.165) is 71.8 Å². The maximum Gasteiger partial charge on any atom is 0.269 e. The molecule has 2 aliphatic heterocycles. The fraction of sp³-hybridized carbons (Fsp3) is 0.333. The molecular formula is C36H40N4O5. The minimum Gasteiger partial charge on any atom is -0.392 e. The van der Waals surface area contributed by atoms with Gasteiger partial charge in [0.2, 0.25) is 0 Å². The number of nitrogens with two attached hydrogens (primary N) is 1. The van der Waals surface area contributed by atoms with Crippen LogP contribution in [-0.2, 0) is 22.6 Å². The number of piperazine rings is 1. The molecule has 45 heavy (non-hydrogen) atoms.